The lowest BCUT2D eigenvalue weighted by molar-refractivity contribution is -0.384. The Kier molecular flexibility index (Phi) is 5.42. The summed E-state index contributed by atoms with van der Waals surface area (Å²) in [7, 11) is -3.72. The smallest absolute Gasteiger partial charge is 0.295 e. The number of fused-ring (bicyclic) bond motifs is 1. The number of sulfonamides is 1. The first-order chi connectivity index (χ1) is 15.2. The number of nitro benzene ring substituents is 1. The standard InChI is InChI=1S/C19H13N5O6S2/c25-18(11-3-5-12(6-4-11)23-32(29,30)16-2-1-9-31-16)22-21-17-14-10-13(24(27)28)7-8-15(14)20-19(17)26/h1-10,20,23,26H. The molecule has 0 spiro atoms. The predicted molar refractivity (Wildman–Crippen MR) is 117 cm³/mol. The van der Waals surface area contributed by atoms with E-state index in [-0.39, 0.29) is 32.2 Å². The van der Waals surface area contributed by atoms with E-state index in [1.54, 1.807) is 11.4 Å². The highest BCUT2D eigenvalue weighted by atomic mass is 32.2. The number of hydrogen-bond acceptors (Lipinski definition) is 8. The molecule has 3 N–H and O–H groups in total. The predicted octanol–water partition coefficient (Wildman–Crippen LogP) is 4.57. The van der Waals surface area contributed by atoms with E-state index in [0.717, 1.165) is 11.3 Å². The van der Waals surface area contributed by atoms with Crippen molar-refractivity contribution < 1.29 is 23.2 Å². The average molecular weight is 471 g/mol. The molecule has 0 saturated heterocycles. The maximum absolute atomic E-state index is 12.3. The van der Waals surface area contributed by atoms with Gasteiger partial charge in [-0.15, -0.1) is 21.6 Å². The number of H-pyrrole nitrogens is 1. The number of benzene rings is 2. The molecule has 2 aromatic carbocycles. The molecule has 0 unspecified atom stereocenters. The van der Waals surface area contributed by atoms with E-state index in [1.807, 2.05) is 0 Å². The summed E-state index contributed by atoms with van der Waals surface area (Å²) >= 11 is 1.07. The molecule has 0 bridgehead atoms. The van der Waals surface area contributed by atoms with Gasteiger partial charge in [0.1, 0.15) is 4.21 Å². The number of aromatic nitrogens is 1. The molecule has 0 radical (unpaired) electrons. The Balaban J connectivity index is 1.54. The first-order valence-corrected chi connectivity index (χ1v) is 11.2. The molecule has 4 aromatic rings. The first kappa shape index (κ1) is 21.1. The lowest BCUT2D eigenvalue weighted by atomic mass is 10.2. The van der Waals surface area contributed by atoms with E-state index in [9.17, 15) is 28.4 Å². The first-order valence-electron chi connectivity index (χ1n) is 8.86. The Bertz CT molecular complexity index is 1460. The number of rotatable bonds is 6. The summed E-state index contributed by atoms with van der Waals surface area (Å²) < 4.78 is 27.1. The molecule has 2 aromatic heterocycles. The van der Waals surface area contributed by atoms with Crippen molar-refractivity contribution in [2.75, 3.05) is 4.72 Å². The second-order valence-electron chi connectivity index (χ2n) is 6.43. The molecular weight excluding hydrogens is 458 g/mol. The minimum Gasteiger partial charge on any atom is -0.493 e. The number of aromatic amines is 1. The molecule has 4 rings (SSSR count). The third kappa shape index (κ3) is 4.19. The number of hydrogen-bond donors (Lipinski definition) is 3. The fourth-order valence-electron chi connectivity index (χ4n) is 2.82. The summed E-state index contributed by atoms with van der Waals surface area (Å²) in [5.74, 6) is -1.15. The van der Waals surface area contributed by atoms with E-state index < -0.39 is 26.7 Å². The summed E-state index contributed by atoms with van der Waals surface area (Å²) in [5, 5.41) is 30.2. The van der Waals surface area contributed by atoms with Gasteiger partial charge in [0.25, 0.3) is 21.6 Å². The highest BCUT2D eigenvalue weighted by molar-refractivity contribution is 7.94. The number of aromatic hydroxyl groups is 1. The van der Waals surface area contributed by atoms with E-state index in [4.69, 9.17) is 0 Å². The summed E-state index contributed by atoms with van der Waals surface area (Å²) in [5.41, 5.74) is 0.445. The Morgan fingerprint density at radius 1 is 1.16 bits per heavy atom. The lowest BCUT2D eigenvalue weighted by Gasteiger charge is -2.06. The molecule has 0 aliphatic rings. The molecule has 0 aliphatic heterocycles. The topological polar surface area (TPSA) is 167 Å². The summed E-state index contributed by atoms with van der Waals surface area (Å²) in [4.78, 5) is 25.3. The van der Waals surface area contributed by atoms with Crippen LogP contribution in [0.5, 0.6) is 5.88 Å². The zero-order valence-electron chi connectivity index (χ0n) is 15.9. The number of amides is 1. The summed E-state index contributed by atoms with van der Waals surface area (Å²) in [6.07, 6.45) is 0. The van der Waals surface area contributed by atoms with Gasteiger partial charge in [-0.25, -0.2) is 8.42 Å². The number of carbonyl (C=O) groups is 1. The number of carbonyl (C=O) groups excluding carboxylic acids is 1. The second-order valence-corrected chi connectivity index (χ2v) is 9.29. The monoisotopic (exact) mass is 471 g/mol. The van der Waals surface area contributed by atoms with Crippen LogP contribution in [0.2, 0.25) is 0 Å². The fraction of sp³-hybridized carbons (Fsp3) is 0. The van der Waals surface area contributed by atoms with Crippen LogP contribution < -0.4 is 4.72 Å². The van der Waals surface area contributed by atoms with Crippen LogP contribution in [0.25, 0.3) is 10.9 Å². The zero-order valence-corrected chi connectivity index (χ0v) is 17.6. The van der Waals surface area contributed by atoms with Crippen molar-refractivity contribution in [2.24, 2.45) is 10.2 Å². The van der Waals surface area contributed by atoms with Gasteiger partial charge in [0.05, 0.1) is 10.4 Å². The molecule has 0 aliphatic carbocycles. The van der Waals surface area contributed by atoms with E-state index in [1.165, 1.54) is 48.5 Å². The fourth-order valence-corrected chi connectivity index (χ4v) is 4.87. The second kappa shape index (κ2) is 8.20. The van der Waals surface area contributed by atoms with Crippen LogP contribution in [0.3, 0.4) is 0 Å². The Morgan fingerprint density at radius 2 is 1.91 bits per heavy atom. The SMILES string of the molecule is O=C(N=Nc1c(O)[nH]c2ccc([N+](=O)[O-])cc12)c1ccc(NS(=O)(=O)c2cccs2)cc1. The number of anilines is 1. The highest BCUT2D eigenvalue weighted by Gasteiger charge is 2.17. The molecule has 162 valence electrons. The minimum absolute atomic E-state index is 0.114. The largest absolute Gasteiger partial charge is 0.493 e. The lowest BCUT2D eigenvalue weighted by Crippen LogP contribution is -2.11. The van der Waals surface area contributed by atoms with Gasteiger partial charge >= 0.3 is 0 Å². The van der Waals surface area contributed by atoms with Crippen molar-refractivity contribution in [3.63, 3.8) is 0 Å². The van der Waals surface area contributed by atoms with Gasteiger partial charge in [-0.1, -0.05) is 6.07 Å². The van der Waals surface area contributed by atoms with Gasteiger partial charge in [-0.2, -0.15) is 0 Å². The molecular formula is C19H13N5O6S2. The van der Waals surface area contributed by atoms with Crippen LogP contribution in [0, 0.1) is 10.1 Å². The van der Waals surface area contributed by atoms with Gasteiger partial charge in [-0.3, -0.25) is 19.6 Å². The Hall–Kier alpha value is -4.10. The number of thiophene rings is 1. The van der Waals surface area contributed by atoms with Crippen LogP contribution >= 0.6 is 11.3 Å². The number of nitrogens with one attached hydrogen (secondary N) is 2. The normalized spacial score (nSPS) is 11.8. The van der Waals surface area contributed by atoms with E-state index >= 15 is 0 Å². The Labute approximate surface area is 184 Å². The molecule has 0 atom stereocenters. The third-order valence-corrected chi connectivity index (χ3v) is 7.11. The average Bonchev–Trinajstić information content (AvgIpc) is 3.40. The molecule has 0 saturated carbocycles. The molecule has 13 heteroatoms. The van der Waals surface area contributed by atoms with Crippen molar-refractivity contribution in [3.8, 4) is 5.88 Å². The van der Waals surface area contributed by atoms with Crippen LogP contribution in [0.1, 0.15) is 10.4 Å². The molecule has 11 nitrogen and oxygen atoms in total. The summed E-state index contributed by atoms with van der Waals surface area (Å²) in [6.45, 7) is 0. The molecule has 32 heavy (non-hydrogen) atoms. The molecule has 0 fully saturated rings. The maximum Gasteiger partial charge on any atom is 0.295 e. The Morgan fingerprint density at radius 3 is 2.56 bits per heavy atom. The molecule has 2 heterocycles. The van der Waals surface area contributed by atoms with Crippen molar-refractivity contribution in [1.29, 1.82) is 0 Å². The van der Waals surface area contributed by atoms with Gasteiger partial charge in [-0.05, 0) is 41.8 Å². The number of nitro groups is 1. The highest BCUT2D eigenvalue weighted by Crippen LogP contribution is 2.37. The molecule has 1 amide bonds. The number of nitrogens with zero attached hydrogens (tertiary/aromatic N) is 3. The maximum atomic E-state index is 12.3. The van der Waals surface area contributed by atoms with Crippen LogP contribution in [-0.4, -0.2) is 29.3 Å². The minimum atomic E-state index is -3.72. The number of non-ortho nitro benzene ring substituents is 1. The van der Waals surface area contributed by atoms with Gasteiger partial charge in [0.15, 0.2) is 5.69 Å². The third-order valence-electron chi connectivity index (χ3n) is 4.33. The zero-order chi connectivity index (χ0) is 22.9. The summed E-state index contributed by atoms with van der Waals surface area (Å²) in [6, 6.07) is 12.5. The van der Waals surface area contributed by atoms with Crippen molar-refractivity contribution in [1.82, 2.24) is 4.98 Å². The van der Waals surface area contributed by atoms with Crippen LogP contribution in [0.15, 0.2) is 74.4 Å². The van der Waals surface area contributed by atoms with Crippen LogP contribution in [0.4, 0.5) is 17.1 Å². The van der Waals surface area contributed by atoms with Crippen LogP contribution in [-0.2, 0) is 10.0 Å². The van der Waals surface area contributed by atoms with Gasteiger partial charge in [0, 0.05) is 28.8 Å². The van der Waals surface area contributed by atoms with E-state index in [0.29, 0.717) is 5.52 Å². The van der Waals surface area contributed by atoms with Gasteiger partial charge in [0.2, 0.25) is 5.88 Å². The van der Waals surface area contributed by atoms with Gasteiger partial charge < -0.3 is 10.1 Å². The van der Waals surface area contributed by atoms with Crippen molar-refractivity contribution in [3.05, 3.63) is 75.7 Å². The van der Waals surface area contributed by atoms with Crippen molar-refractivity contribution >= 4 is 55.2 Å². The number of azo groups is 1. The quantitative estimate of drug-likeness (QED) is 0.211. The van der Waals surface area contributed by atoms with E-state index in [2.05, 4.69) is 19.9 Å². The van der Waals surface area contributed by atoms with Crippen molar-refractivity contribution in [2.45, 2.75) is 4.21 Å².